The van der Waals surface area contributed by atoms with E-state index in [-0.39, 0.29) is 18.6 Å². The van der Waals surface area contributed by atoms with Crippen molar-refractivity contribution in [2.45, 2.75) is 57.9 Å². The Kier molecular flexibility index (Phi) is 7.40. The Hall–Kier alpha value is -1.92. The maximum Gasteiger partial charge on any atom is 0.326 e. The Balaban J connectivity index is 1.98. The van der Waals surface area contributed by atoms with E-state index in [0.29, 0.717) is 6.61 Å². The first-order chi connectivity index (χ1) is 12.0. The monoisotopic (exact) mass is 349 g/mol. The summed E-state index contributed by atoms with van der Waals surface area (Å²) in [5, 5.41) is 9.34. The van der Waals surface area contributed by atoms with Crippen LogP contribution < -0.4 is 0 Å². The van der Waals surface area contributed by atoms with Gasteiger partial charge in [-0.15, -0.1) is 0 Å². The fourth-order valence-electron chi connectivity index (χ4n) is 2.81. The highest BCUT2D eigenvalue weighted by atomic mass is 16.5. The number of rotatable bonds is 8. The number of hydrogen-bond donors (Lipinski definition) is 1. The standard InChI is InChI=1S/C19H27NO5/c1-14(19(22)23)20(12-16-8-4-3-5-9-16)18(21)15(2)25-13-17-10-6-7-11-24-17/h3-5,8-9,14-15,17H,6-7,10-13H2,1-2H3,(H,22,23). The minimum atomic E-state index is -1.04. The molecule has 0 aliphatic carbocycles. The molecule has 1 aromatic rings. The van der Waals surface area contributed by atoms with Crippen LogP contribution in [0, 0.1) is 0 Å². The van der Waals surface area contributed by atoms with Crippen molar-refractivity contribution in [3.8, 4) is 0 Å². The molecular weight excluding hydrogens is 322 g/mol. The second-order valence-corrected chi connectivity index (χ2v) is 6.43. The number of carbonyl (C=O) groups excluding carboxylic acids is 1. The van der Waals surface area contributed by atoms with E-state index in [9.17, 15) is 14.7 Å². The summed E-state index contributed by atoms with van der Waals surface area (Å²) in [4.78, 5) is 25.5. The molecule has 1 amide bonds. The van der Waals surface area contributed by atoms with E-state index in [1.165, 1.54) is 11.8 Å². The summed E-state index contributed by atoms with van der Waals surface area (Å²) >= 11 is 0. The van der Waals surface area contributed by atoms with Gasteiger partial charge in [-0.05, 0) is 38.7 Å². The van der Waals surface area contributed by atoms with Crippen LogP contribution in [0.1, 0.15) is 38.7 Å². The number of aliphatic carboxylic acids is 1. The Bertz CT molecular complexity index is 556. The predicted molar refractivity (Wildman–Crippen MR) is 93.1 cm³/mol. The second-order valence-electron chi connectivity index (χ2n) is 6.43. The van der Waals surface area contributed by atoms with Crippen LogP contribution in [0.15, 0.2) is 30.3 Å². The number of carboxylic acids is 1. The molecule has 2 rings (SSSR count). The summed E-state index contributed by atoms with van der Waals surface area (Å²) in [5.41, 5.74) is 0.881. The van der Waals surface area contributed by atoms with Gasteiger partial charge >= 0.3 is 5.97 Å². The SMILES string of the molecule is CC(OCC1CCCCO1)C(=O)N(Cc1ccccc1)C(C)C(=O)O. The molecule has 6 nitrogen and oxygen atoms in total. The minimum absolute atomic E-state index is 0.0171. The lowest BCUT2D eigenvalue weighted by Gasteiger charge is -2.30. The number of carbonyl (C=O) groups is 2. The summed E-state index contributed by atoms with van der Waals surface area (Å²) in [6, 6.07) is 8.43. The zero-order chi connectivity index (χ0) is 18.2. The lowest BCUT2D eigenvalue weighted by atomic mass is 10.1. The molecule has 3 unspecified atom stereocenters. The number of ether oxygens (including phenoxy) is 2. The van der Waals surface area contributed by atoms with Crippen LogP contribution in [0.3, 0.4) is 0 Å². The van der Waals surface area contributed by atoms with E-state index in [1.807, 2.05) is 30.3 Å². The molecule has 3 atom stereocenters. The summed E-state index contributed by atoms with van der Waals surface area (Å²) in [6.45, 7) is 4.50. The summed E-state index contributed by atoms with van der Waals surface area (Å²) < 4.78 is 11.3. The van der Waals surface area contributed by atoms with Crippen molar-refractivity contribution in [1.82, 2.24) is 4.90 Å². The van der Waals surface area contributed by atoms with E-state index in [2.05, 4.69) is 0 Å². The largest absolute Gasteiger partial charge is 0.480 e. The first kappa shape index (κ1) is 19.4. The first-order valence-electron chi connectivity index (χ1n) is 8.79. The third-order valence-electron chi connectivity index (χ3n) is 4.46. The molecule has 1 fully saturated rings. The molecule has 25 heavy (non-hydrogen) atoms. The Morgan fingerprint density at radius 1 is 1.28 bits per heavy atom. The molecule has 0 radical (unpaired) electrons. The molecule has 1 aliphatic rings. The smallest absolute Gasteiger partial charge is 0.326 e. The lowest BCUT2D eigenvalue weighted by Crippen LogP contribution is -2.47. The average molecular weight is 349 g/mol. The zero-order valence-corrected chi connectivity index (χ0v) is 14.9. The molecular formula is C19H27NO5. The van der Waals surface area contributed by atoms with Gasteiger partial charge in [0.15, 0.2) is 0 Å². The van der Waals surface area contributed by atoms with Crippen LogP contribution in [0.25, 0.3) is 0 Å². The number of benzene rings is 1. The van der Waals surface area contributed by atoms with Crippen LogP contribution >= 0.6 is 0 Å². The number of nitrogens with zero attached hydrogens (tertiary/aromatic N) is 1. The molecule has 1 heterocycles. The van der Waals surface area contributed by atoms with Crippen molar-refractivity contribution in [3.63, 3.8) is 0 Å². The fraction of sp³-hybridized carbons (Fsp3) is 0.579. The summed E-state index contributed by atoms with van der Waals surface area (Å²) in [6.07, 6.45) is 2.40. The predicted octanol–water partition coefficient (Wildman–Crippen LogP) is 2.46. The van der Waals surface area contributed by atoms with Crippen LogP contribution in [0.2, 0.25) is 0 Å². The normalized spacial score (nSPS) is 19.8. The van der Waals surface area contributed by atoms with Gasteiger partial charge in [0.25, 0.3) is 5.91 Å². The van der Waals surface area contributed by atoms with E-state index in [4.69, 9.17) is 9.47 Å². The molecule has 138 valence electrons. The average Bonchev–Trinajstić information content (AvgIpc) is 2.64. The number of carboxylic acid groups (broad SMARTS) is 1. The van der Waals surface area contributed by atoms with Crippen molar-refractivity contribution in [2.24, 2.45) is 0 Å². The van der Waals surface area contributed by atoms with Gasteiger partial charge in [0.2, 0.25) is 0 Å². The summed E-state index contributed by atoms with van der Waals surface area (Å²) in [7, 11) is 0. The van der Waals surface area contributed by atoms with Crippen molar-refractivity contribution in [2.75, 3.05) is 13.2 Å². The Labute approximate surface area is 148 Å². The topological polar surface area (TPSA) is 76.1 Å². The maximum absolute atomic E-state index is 12.8. The quantitative estimate of drug-likeness (QED) is 0.780. The molecule has 0 bridgehead atoms. The van der Waals surface area contributed by atoms with Crippen LogP contribution in [0.5, 0.6) is 0 Å². The minimum Gasteiger partial charge on any atom is -0.480 e. The first-order valence-corrected chi connectivity index (χ1v) is 8.79. The van der Waals surface area contributed by atoms with Gasteiger partial charge in [-0.1, -0.05) is 30.3 Å². The third-order valence-corrected chi connectivity index (χ3v) is 4.46. The molecule has 1 aromatic carbocycles. The van der Waals surface area contributed by atoms with Crippen LogP contribution in [0.4, 0.5) is 0 Å². The Morgan fingerprint density at radius 2 is 2.00 bits per heavy atom. The molecule has 1 saturated heterocycles. The number of hydrogen-bond acceptors (Lipinski definition) is 4. The van der Waals surface area contributed by atoms with E-state index >= 15 is 0 Å². The van der Waals surface area contributed by atoms with Gasteiger partial charge in [0.1, 0.15) is 12.1 Å². The lowest BCUT2D eigenvalue weighted by molar-refractivity contribution is -0.157. The van der Waals surface area contributed by atoms with Gasteiger partial charge in [-0.2, -0.15) is 0 Å². The molecule has 6 heteroatoms. The highest BCUT2D eigenvalue weighted by Gasteiger charge is 2.30. The molecule has 1 N–H and O–H groups in total. The van der Waals surface area contributed by atoms with Crippen molar-refractivity contribution in [3.05, 3.63) is 35.9 Å². The van der Waals surface area contributed by atoms with Crippen molar-refractivity contribution < 1.29 is 24.2 Å². The van der Waals surface area contributed by atoms with Gasteiger partial charge in [-0.3, -0.25) is 4.79 Å². The van der Waals surface area contributed by atoms with Crippen LogP contribution in [-0.4, -0.2) is 53.3 Å². The zero-order valence-electron chi connectivity index (χ0n) is 14.9. The van der Waals surface area contributed by atoms with Crippen molar-refractivity contribution >= 4 is 11.9 Å². The van der Waals surface area contributed by atoms with E-state index in [0.717, 1.165) is 31.4 Å². The molecule has 0 saturated carbocycles. The summed E-state index contributed by atoms with van der Waals surface area (Å²) in [5.74, 6) is -1.36. The highest BCUT2D eigenvalue weighted by Crippen LogP contribution is 2.15. The molecule has 0 spiro atoms. The van der Waals surface area contributed by atoms with Gasteiger partial charge in [0, 0.05) is 13.2 Å². The molecule has 0 aromatic heterocycles. The fourth-order valence-corrected chi connectivity index (χ4v) is 2.81. The maximum atomic E-state index is 12.8. The van der Waals surface area contributed by atoms with E-state index in [1.54, 1.807) is 6.92 Å². The third kappa shape index (κ3) is 5.83. The number of amides is 1. The van der Waals surface area contributed by atoms with Crippen molar-refractivity contribution in [1.29, 1.82) is 0 Å². The second kappa shape index (κ2) is 9.53. The van der Waals surface area contributed by atoms with Gasteiger partial charge in [-0.25, -0.2) is 4.79 Å². The molecule has 1 aliphatic heterocycles. The van der Waals surface area contributed by atoms with Gasteiger partial charge < -0.3 is 19.5 Å². The van der Waals surface area contributed by atoms with Crippen LogP contribution in [-0.2, 0) is 25.6 Å². The Morgan fingerprint density at radius 3 is 2.60 bits per heavy atom. The van der Waals surface area contributed by atoms with E-state index < -0.39 is 18.1 Å². The van der Waals surface area contributed by atoms with Gasteiger partial charge in [0.05, 0.1) is 12.7 Å². The highest BCUT2D eigenvalue weighted by molar-refractivity contribution is 5.86.